The number of furan rings is 1. The highest BCUT2D eigenvalue weighted by molar-refractivity contribution is 6.51. The van der Waals surface area contributed by atoms with Crippen LogP contribution in [0, 0.1) is 20.8 Å². The molecule has 1 fully saturated rings. The molecule has 1 atom stereocenters. The molecule has 2 heterocycles. The van der Waals surface area contributed by atoms with E-state index in [1.54, 1.807) is 19.1 Å². The number of carbonyl (C=O) groups is 2. The maximum Gasteiger partial charge on any atom is 0.300 e. The lowest BCUT2D eigenvalue weighted by Crippen LogP contribution is -2.30. The smallest absolute Gasteiger partial charge is 0.300 e. The Labute approximate surface area is 202 Å². The van der Waals surface area contributed by atoms with Gasteiger partial charge in [0.1, 0.15) is 34.8 Å². The summed E-state index contributed by atoms with van der Waals surface area (Å²) in [5.41, 5.74) is 2.31. The maximum absolute atomic E-state index is 13.4. The van der Waals surface area contributed by atoms with Gasteiger partial charge >= 0.3 is 0 Å². The zero-order chi connectivity index (χ0) is 24.7. The number of carbonyl (C=O) groups excluding carboxylic acids is 2. The molecule has 0 saturated carbocycles. The maximum atomic E-state index is 13.4. The van der Waals surface area contributed by atoms with E-state index in [2.05, 4.69) is 0 Å². The van der Waals surface area contributed by atoms with Gasteiger partial charge in [0.05, 0.1) is 30.4 Å². The molecular weight excluding hydrogens is 458 g/mol. The average molecular weight is 482 g/mol. The lowest BCUT2D eigenvalue weighted by Gasteiger charge is -2.25. The van der Waals surface area contributed by atoms with Crippen LogP contribution in [-0.2, 0) is 9.59 Å². The number of Topliss-reactive ketones (excluding diaryl/α,β-unsaturated/α-hetero) is 1. The van der Waals surface area contributed by atoms with Crippen LogP contribution in [0.25, 0.3) is 5.76 Å². The summed E-state index contributed by atoms with van der Waals surface area (Å²) < 4.78 is 16.5. The van der Waals surface area contributed by atoms with E-state index < -0.39 is 23.5 Å². The highest BCUT2D eigenvalue weighted by atomic mass is 35.5. The van der Waals surface area contributed by atoms with Crippen LogP contribution in [0.15, 0.2) is 52.5 Å². The molecule has 1 aliphatic rings. The second kappa shape index (κ2) is 8.91. The summed E-state index contributed by atoms with van der Waals surface area (Å²) in [7, 11) is 2.85. The van der Waals surface area contributed by atoms with Gasteiger partial charge in [0.2, 0.25) is 0 Å². The van der Waals surface area contributed by atoms with Gasteiger partial charge in [0.15, 0.2) is 0 Å². The van der Waals surface area contributed by atoms with Crippen molar-refractivity contribution in [2.24, 2.45) is 0 Å². The molecule has 2 aromatic carbocycles. The molecule has 0 radical (unpaired) electrons. The van der Waals surface area contributed by atoms with Crippen LogP contribution >= 0.6 is 11.6 Å². The van der Waals surface area contributed by atoms with E-state index in [-0.39, 0.29) is 27.7 Å². The lowest BCUT2D eigenvalue weighted by molar-refractivity contribution is -0.132. The number of amides is 1. The van der Waals surface area contributed by atoms with E-state index >= 15 is 0 Å². The van der Waals surface area contributed by atoms with Crippen molar-refractivity contribution in [1.82, 2.24) is 0 Å². The van der Waals surface area contributed by atoms with Crippen LogP contribution < -0.4 is 14.4 Å². The van der Waals surface area contributed by atoms with Gasteiger partial charge in [0.25, 0.3) is 11.7 Å². The molecule has 7 nitrogen and oxygen atoms in total. The first-order valence-electron chi connectivity index (χ1n) is 10.5. The fourth-order valence-electron chi connectivity index (χ4n) is 4.12. The van der Waals surface area contributed by atoms with Crippen molar-refractivity contribution in [3.63, 3.8) is 0 Å². The summed E-state index contributed by atoms with van der Waals surface area (Å²) in [6.07, 6.45) is 0. The largest absolute Gasteiger partial charge is 0.507 e. The van der Waals surface area contributed by atoms with Gasteiger partial charge in [-0.25, -0.2) is 0 Å². The highest BCUT2D eigenvalue weighted by Crippen LogP contribution is 2.45. The summed E-state index contributed by atoms with van der Waals surface area (Å²) in [5.74, 6) is -0.584. The molecule has 34 heavy (non-hydrogen) atoms. The molecule has 176 valence electrons. The Morgan fingerprint density at radius 2 is 1.71 bits per heavy atom. The fourth-order valence-corrected chi connectivity index (χ4v) is 4.35. The minimum Gasteiger partial charge on any atom is -0.507 e. The minimum absolute atomic E-state index is 0.122. The Hall–Kier alpha value is -3.71. The van der Waals surface area contributed by atoms with E-state index in [4.69, 9.17) is 25.5 Å². The van der Waals surface area contributed by atoms with E-state index in [9.17, 15) is 14.7 Å². The molecule has 1 amide bonds. The van der Waals surface area contributed by atoms with Crippen LogP contribution in [-0.4, -0.2) is 31.0 Å². The van der Waals surface area contributed by atoms with Gasteiger partial charge in [-0.1, -0.05) is 23.7 Å². The van der Waals surface area contributed by atoms with Crippen molar-refractivity contribution in [3.8, 4) is 11.5 Å². The van der Waals surface area contributed by atoms with Crippen molar-refractivity contribution in [2.45, 2.75) is 26.8 Å². The number of rotatable bonds is 5. The number of halogens is 1. The zero-order valence-electron chi connectivity index (χ0n) is 19.4. The summed E-state index contributed by atoms with van der Waals surface area (Å²) in [6, 6.07) is 11.0. The third-order valence-electron chi connectivity index (χ3n) is 5.83. The van der Waals surface area contributed by atoms with Crippen LogP contribution in [0.4, 0.5) is 5.69 Å². The first-order chi connectivity index (χ1) is 16.2. The Balaban J connectivity index is 2.02. The van der Waals surface area contributed by atoms with Crippen molar-refractivity contribution in [1.29, 1.82) is 0 Å². The Bertz CT molecular complexity index is 1340. The third kappa shape index (κ3) is 3.82. The molecule has 4 rings (SSSR count). The van der Waals surface area contributed by atoms with Gasteiger partial charge in [-0.05, 0) is 56.2 Å². The van der Waals surface area contributed by atoms with Gasteiger partial charge in [-0.2, -0.15) is 0 Å². The van der Waals surface area contributed by atoms with Crippen LogP contribution in [0.2, 0.25) is 5.02 Å². The fraction of sp³-hybridized carbons (Fsp3) is 0.231. The van der Waals surface area contributed by atoms with Crippen LogP contribution in [0.5, 0.6) is 11.5 Å². The van der Waals surface area contributed by atoms with Crippen LogP contribution in [0.3, 0.4) is 0 Å². The summed E-state index contributed by atoms with van der Waals surface area (Å²) in [4.78, 5) is 28.1. The normalized spacial score (nSPS) is 17.4. The standard InChI is InChI=1S/C26H24ClNO6/c1-13-6-7-14(2)18(10-13)28-23(19-9-8-15(3)34-19)22(25(30)26(28)31)24(29)16-11-21(33-5)17(27)12-20(16)32-4/h6-12,23,29H,1-5H3/b24-22+. The number of aliphatic hydroxyl groups excluding tert-OH is 1. The van der Waals surface area contributed by atoms with Gasteiger partial charge < -0.3 is 19.0 Å². The second-order valence-corrected chi connectivity index (χ2v) is 8.50. The molecule has 0 aliphatic carbocycles. The molecule has 0 bridgehead atoms. The number of aliphatic hydroxyl groups is 1. The summed E-state index contributed by atoms with van der Waals surface area (Å²) in [6.45, 7) is 5.52. The number of methoxy groups -OCH3 is 2. The molecule has 1 aliphatic heterocycles. The van der Waals surface area contributed by atoms with Crippen molar-refractivity contribution in [3.05, 3.63) is 81.3 Å². The quantitative estimate of drug-likeness (QED) is 0.294. The number of anilines is 1. The lowest BCUT2D eigenvalue weighted by atomic mass is 9.98. The van der Waals surface area contributed by atoms with E-state index in [0.29, 0.717) is 17.2 Å². The van der Waals surface area contributed by atoms with Gasteiger partial charge in [0, 0.05) is 11.8 Å². The van der Waals surface area contributed by atoms with Crippen molar-refractivity contribution >= 4 is 34.7 Å². The number of aryl methyl sites for hydroxylation is 3. The molecule has 1 N–H and O–H groups in total. The number of hydrogen-bond donors (Lipinski definition) is 1. The number of ketones is 1. The van der Waals surface area contributed by atoms with Crippen molar-refractivity contribution < 1.29 is 28.6 Å². The predicted octanol–water partition coefficient (Wildman–Crippen LogP) is 5.50. The third-order valence-corrected chi connectivity index (χ3v) is 6.12. The molecule has 8 heteroatoms. The molecule has 1 unspecified atom stereocenters. The number of nitrogens with zero attached hydrogens (tertiary/aromatic N) is 1. The second-order valence-electron chi connectivity index (χ2n) is 8.09. The minimum atomic E-state index is -0.986. The molecule has 0 spiro atoms. The van der Waals surface area contributed by atoms with Gasteiger partial charge in [-0.15, -0.1) is 0 Å². The SMILES string of the molecule is COc1cc(/C(O)=C2\C(=O)C(=O)N(c3cc(C)ccc3C)C2c2ccc(C)o2)c(OC)cc1Cl. The van der Waals surface area contributed by atoms with E-state index in [1.165, 1.54) is 31.3 Å². The Morgan fingerprint density at radius 3 is 2.32 bits per heavy atom. The summed E-state index contributed by atoms with van der Waals surface area (Å²) >= 11 is 6.21. The van der Waals surface area contributed by atoms with Crippen LogP contribution in [0.1, 0.15) is 34.3 Å². The average Bonchev–Trinajstić information content (AvgIpc) is 3.35. The first kappa shape index (κ1) is 23.4. The summed E-state index contributed by atoms with van der Waals surface area (Å²) in [5, 5.41) is 11.7. The molecule has 1 saturated heterocycles. The number of hydrogen-bond acceptors (Lipinski definition) is 6. The van der Waals surface area contributed by atoms with E-state index in [0.717, 1.165) is 11.1 Å². The van der Waals surface area contributed by atoms with E-state index in [1.807, 2.05) is 32.0 Å². The molecule has 1 aromatic heterocycles. The molecular formula is C26H24ClNO6. The molecule has 3 aromatic rings. The Kier molecular flexibility index (Phi) is 6.15. The van der Waals surface area contributed by atoms with Gasteiger partial charge in [-0.3, -0.25) is 14.5 Å². The highest BCUT2D eigenvalue weighted by Gasteiger charge is 2.49. The Morgan fingerprint density at radius 1 is 1.00 bits per heavy atom. The monoisotopic (exact) mass is 481 g/mol. The first-order valence-corrected chi connectivity index (χ1v) is 10.9. The topological polar surface area (TPSA) is 89.2 Å². The van der Waals surface area contributed by atoms with Crippen molar-refractivity contribution in [2.75, 3.05) is 19.1 Å². The zero-order valence-corrected chi connectivity index (χ0v) is 20.2. The predicted molar refractivity (Wildman–Crippen MR) is 129 cm³/mol. The number of ether oxygens (including phenoxy) is 2. The number of benzene rings is 2.